The van der Waals surface area contributed by atoms with Crippen LogP contribution in [0.2, 0.25) is 0 Å². The standard InChI is InChI=1S/C14H18F3N3O2/c1-2-3-4-18-12-11-8(6-10(20-12)13(21)22)5-9(7-19-11)14(15,16)17/h6,9,19H,2-5,7H2,1H3,(H,18,20)(H,21,22). The lowest BCUT2D eigenvalue weighted by atomic mass is 9.93. The minimum Gasteiger partial charge on any atom is -0.477 e. The van der Waals surface area contributed by atoms with E-state index in [4.69, 9.17) is 5.11 Å². The lowest BCUT2D eigenvalue weighted by Crippen LogP contribution is -2.35. The van der Waals surface area contributed by atoms with Gasteiger partial charge in [0.05, 0.1) is 11.6 Å². The number of nitrogens with zero attached hydrogens (tertiary/aromatic N) is 1. The smallest absolute Gasteiger partial charge is 0.393 e. The summed E-state index contributed by atoms with van der Waals surface area (Å²) in [6.45, 7) is 2.36. The molecule has 1 aliphatic rings. The van der Waals surface area contributed by atoms with Crippen molar-refractivity contribution in [2.24, 2.45) is 5.92 Å². The van der Waals surface area contributed by atoms with Gasteiger partial charge >= 0.3 is 12.1 Å². The number of carboxylic acids is 1. The summed E-state index contributed by atoms with van der Waals surface area (Å²) in [4.78, 5) is 15.1. The highest BCUT2D eigenvalue weighted by Crippen LogP contribution is 2.37. The van der Waals surface area contributed by atoms with Crippen LogP contribution in [0.5, 0.6) is 0 Å². The van der Waals surface area contributed by atoms with E-state index in [1.807, 2.05) is 6.92 Å². The van der Waals surface area contributed by atoms with Crippen molar-refractivity contribution in [1.29, 1.82) is 0 Å². The Morgan fingerprint density at radius 3 is 2.86 bits per heavy atom. The van der Waals surface area contributed by atoms with Gasteiger partial charge in [-0.2, -0.15) is 13.2 Å². The molecule has 5 nitrogen and oxygen atoms in total. The van der Waals surface area contributed by atoms with Gasteiger partial charge in [-0.25, -0.2) is 9.78 Å². The molecular formula is C14H18F3N3O2. The Hall–Kier alpha value is -1.99. The van der Waals surface area contributed by atoms with Crippen LogP contribution in [-0.2, 0) is 6.42 Å². The lowest BCUT2D eigenvalue weighted by Gasteiger charge is -2.29. The fourth-order valence-electron chi connectivity index (χ4n) is 2.37. The monoisotopic (exact) mass is 317 g/mol. The van der Waals surface area contributed by atoms with Crippen LogP contribution in [0.1, 0.15) is 35.8 Å². The van der Waals surface area contributed by atoms with Crippen molar-refractivity contribution in [2.45, 2.75) is 32.4 Å². The molecule has 0 aliphatic carbocycles. The summed E-state index contributed by atoms with van der Waals surface area (Å²) in [5.41, 5.74) is 0.559. The molecule has 1 unspecified atom stereocenters. The van der Waals surface area contributed by atoms with Gasteiger partial charge in [0, 0.05) is 13.1 Å². The summed E-state index contributed by atoms with van der Waals surface area (Å²) in [6.07, 6.45) is -2.75. The predicted octanol–water partition coefficient (Wildman–Crippen LogP) is 3.14. The normalized spacial score (nSPS) is 17.5. The second-order valence-corrected chi connectivity index (χ2v) is 5.30. The van der Waals surface area contributed by atoms with Crippen LogP contribution in [0.15, 0.2) is 6.07 Å². The molecule has 2 heterocycles. The molecule has 1 atom stereocenters. The molecule has 1 aliphatic heterocycles. The van der Waals surface area contributed by atoms with Crippen LogP contribution < -0.4 is 10.6 Å². The third kappa shape index (κ3) is 3.61. The van der Waals surface area contributed by atoms with E-state index in [1.165, 1.54) is 6.07 Å². The van der Waals surface area contributed by atoms with E-state index in [0.717, 1.165) is 12.8 Å². The number of carbonyl (C=O) groups is 1. The van der Waals surface area contributed by atoms with Gasteiger partial charge in [-0.3, -0.25) is 0 Å². The Bertz CT molecular complexity index is 561. The van der Waals surface area contributed by atoms with E-state index in [1.54, 1.807) is 0 Å². The van der Waals surface area contributed by atoms with Crippen LogP contribution >= 0.6 is 0 Å². The fraction of sp³-hybridized carbons (Fsp3) is 0.571. The maximum atomic E-state index is 12.9. The van der Waals surface area contributed by atoms with Gasteiger partial charge in [0.15, 0.2) is 11.5 Å². The Morgan fingerprint density at radius 2 is 2.27 bits per heavy atom. The van der Waals surface area contributed by atoms with Gasteiger partial charge in [-0.05, 0) is 24.5 Å². The maximum absolute atomic E-state index is 12.9. The molecule has 1 aromatic rings. The van der Waals surface area contributed by atoms with Gasteiger partial charge in [0.2, 0.25) is 0 Å². The second kappa shape index (κ2) is 6.41. The molecule has 3 N–H and O–H groups in total. The van der Waals surface area contributed by atoms with Gasteiger partial charge < -0.3 is 15.7 Å². The SMILES string of the molecule is CCCCNc1nc(C(=O)O)cc2c1NCC(C(F)(F)F)C2. The summed E-state index contributed by atoms with van der Waals surface area (Å²) in [7, 11) is 0. The molecule has 0 fully saturated rings. The van der Waals surface area contributed by atoms with E-state index in [9.17, 15) is 18.0 Å². The number of hydrogen-bond donors (Lipinski definition) is 3. The third-order valence-electron chi connectivity index (χ3n) is 3.60. The molecular weight excluding hydrogens is 299 g/mol. The highest BCUT2D eigenvalue weighted by Gasteiger charge is 2.42. The van der Waals surface area contributed by atoms with Crippen molar-refractivity contribution in [3.8, 4) is 0 Å². The first kappa shape index (κ1) is 16.4. The van der Waals surface area contributed by atoms with E-state index >= 15 is 0 Å². The quantitative estimate of drug-likeness (QED) is 0.728. The topological polar surface area (TPSA) is 74.2 Å². The number of halogens is 3. The van der Waals surface area contributed by atoms with Gasteiger partial charge in [-0.1, -0.05) is 13.3 Å². The van der Waals surface area contributed by atoms with Crippen LogP contribution in [0, 0.1) is 5.92 Å². The number of nitrogens with one attached hydrogen (secondary N) is 2. The maximum Gasteiger partial charge on any atom is 0.393 e. The third-order valence-corrected chi connectivity index (χ3v) is 3.60. The highest BCUT2D eigenvalue weighted by atomic mass is 19.4. The van der Waals surface area contributed by atoms with E-state index < -0.39 is 18.1 Å². The van der Waals surface area contributed by atoms with E-state index in [2.05, 4.69) is 15.6 Å². The average molecular weight is 317 g/mol. The van der Waals surface area contributed by atoms with Crippen molar-refractivity contribution in [1.82, 2.24) is 4.98 Å². The Morgan fingerprint density at radius 1 is 1.55 bits per heavy atom. The summed E-state index contributed by atoms with van der Waals surface area (Å²) >= 11 is 0. The number of aromatic nitrogens is 1. The van der Waals surface area contributed by atoms with Crippen LogP contribution in [0.25, 0.3) is 0 Å². The van der Waals surface area contributed by atoms with Gasteiger partial charge in [-0.15, -0.1) is 0 Å². The molecule has 0 amide bonds. The molecule has 22 heavy (non-hydrogen) atoms. The average Bonchev–Trinajstić information content (AvgIpc) is 2.45. The summed E-state index contributed by atoms with van der Waals surface area (Å²) in [6, 6.07) is 1.22. The molecule has 0 spiro atoms. The summed E-state index contributed by atoms with van der Waals surface area (Å²) < 4.78 is 38.6. The van der Waals surface area contributed by atoms with Crippen molar-refractivity contribution in [2.75, 3.05) is 23.7 Å². The number of anilines is 2. The molecule has 0 aromatic carbocycles. The number of fused-ring (bicyclic) bond motifs is 1. The highest BCUT2D eigenvalue weighted by molar-refractivity contribution is 5.88. The molecule has 1 aromatic heterocycles. The molecule has 0 saturated carbocycles. The number of pyridine rings is 1. The molecule has 0 bridgehead atoms. The van der Waals surface area contributed by atoms with Crippen molar-refractivity contribution in [3.63, 3.8) is 0 Å². The number of hydrogen-bond acceptors (Lipinski definition) is 4. The summed E-state index contributed by atoms with van der Waals surface area (Å²) in [5.74, 6) is -2.47. The molecule has 8 heteroatoms. The first-order chi connectivity index (χ1) is 10.3. The number of rotatable bonds is 5. The first-order valence-corrected chi connectivity index (χ1v) is 7.14. The molecule has 122 valence electrons. The number of carboxylic acid groups (broad SMARTS) is 1. The Labute approximate surface area is 125 Å². The zero-order chi connectivity index (χ0) is 16.3. The number of unbranched alkanes of at least 4 members (excludes halogenated alkanes) is 1. The molecule has 0 saturated heterocycles. The van der Waals surface area contributed by atoms with Gasteiger partial charge in [0.1, 0.15) is 0 Å². The van der Waals surface area contributed by atoms with Crippen LogP contribution in [0.4, 0.5) is 24.7 Å². The minimum absolute atomic E-state index is 0.229. The fourth-order valence-corrected chi connectivity index (χ4v) is 2.37. The second-order valence-electron chi connectivity index (χ2n) is 5.30. The van der Waals surface area contributed by atoms with E-state index in [-0.39, 0.29) is 18.7 Å². The van der Waals surface area contributed by atoms with Crippen molar-refractivity contribution in [3.05, 3.63) is 17.3 Å². The van der Waals surface area contributed by atoms with Gasteiger partial charge in [0.25, 0.3) is 0 Å². The van der Waals surface area contributed by atoms with Crippen LogP contribution in [-0.4, -0.2) is 35.3 Å². The predicted molar refractivity (Wildman–Crippen MR) is 76.3 cm³/mol. The minimum atomic E-state index is -4.31. The Balaban J connectivity index is 2.32. The Kier molecular flexibility index (Phi) is 4.77. The van der Waals surface area contributed by atoms with Crippen LogP contribution in [0.3, 0.4) is 0 Å². The zero-order valence-corrected chi connectivity index (χ0v) is 12.1. The molecule has 0 radical (unpaired) electrons. The van der Waals surface area contributed by atoms with E-state index in [0.29, 0.717) is 23.6 Å². The summed E-state index contributed by atoms with van der Waals surface area (Å²) in [5, 5.41) is 14.8. The first-order valence-electron chi connectivity index (χ1n) is 7.14. The largest absolute Gasteiger partial charge is 0.477 e. The van der Waals surface area contributed by atoms with Crippen molar-refractivity contribution < 1.29 is 23.1 Å². The number of aromatic carboxylic acids is 1. The lowest BCUT2D eigenvalue weighted by molar-refractivity contribution is -0.170. The van der Waals surface area contributed by atoms with Crippen molar-refractivity contribution >= 4 is 17.5 Å². The number of alkyl halides is 3. The zero-order valence-electron chi connectivity index (χ0n) is 12.1. The molecule has 2 rings (SSSR count).